The van der Waals surface area contributed by atoms with Crippen LogP contribution in [0, 0.1) is 0 Å². The molecule has 0 aliphatic rings. The average Bonchev–Trinajstić information content (AvgIpc) is 2.23. The number of nitrogens with zero attached hydrogens (tertiary/aromatic N) is 2. The van der Waals surface area contributed by atoms with Crippen LogP contribution in [0.2, 0.25) is 0 Å². The molecule has 1 heterocycles. The van der Waals surface area contributed by atoms with E-state index >= 15 is 0 Å². The van der Waals surface area contributed by atoms with E-state index in [-0.39, 0.29) is 5.69 Å². The minimum absolute atomic E-state index is 0.162. The number of aromatic nitrogens is 2. The lowest BCUT2D eigenvalue weighted by Gasteiger charge is -2.06. The maximum Gasteiger partial charge on any atom is 0.348 e. The van der Waals surface area contributed by atoms with Crippen LogP contribution < -0.4 is 5.69 Å². The van der Waals surface area contributed by atoms with E-state index in [1.165, 1.54) is 0 Å². The molecule has 1 aromatic heterocycles. The number of aryl methyl sites for hydroxylation is 1. The van der Waals surface area contributed by atoms with Crippen LogP contribution in [0.1, 0.15) is 13.3 Å². The van der Waals surface area contributed by atoms with E-state index in [1.54, 1.807) is 10.8 Å². The van der Waals surface area contributed by atoms with E-state index in [4.69, 9.17) is 0 Å². The third-order valence-corrected chi connectivity index (χ3v) is 2.22. The first-order valence-corrected chi connectivity index (χ1v) is 4.77. The van der Waals surface area contributed by atoms with Crippen molar-refractivity contribution in [3.8, 4) is 0 Å². The fourth-order valence-corrected chi connectivity index (χ4v) is 1.58. The van der Waals surface area contributed by atoms with Crippen LogP contribution in [0.15, 0.2) is 35.3 Å². The summed E-state index contributed by atoms with van der Waals surface area (Å²) < 4.78 is 1.72. The van der Waals surface area contributed by atoms with E-state index in [2.05, 4.69) is 4.98 Å². The van der Waals surface area contributed by atoms with Crippen LogP contribution in [0.25, 0.3) is 10.9 Å². The van der Waals surface area contributed by atoms with E-state index in [1.807, 2.05) is 31.2 Å². The van der Waals surface area contributed by atoms with Gasteiger partial charge in [0.15, 0.2) is 0 Å². The second-order valence-corrected chi connectivity index (χ2v) is 3.25. The Morgan fingerprint density at radius 2 is 2.14 bits per heavy atom. The highest BCUT2D eigenvalue weighted by atomic mass is 16.1. The summed E-state index contributed by atoms with van der Waals surface area (Å²) in [6.45, 7) is 2.78. The number of para-hydroxylation sites is 1. The van der Waals surface area contributed by atoms with Gasteiger partial charge in [0.1, 0.15) is 0 Å². The van der Waals surface area contributed by atoms with Crippen molar-refractivity contribution in [3.63, 3.8) is 0 Å². The molecule has 0 aliphatic carbocycles. The Morgan fingerprint density at radius 1 is 1.36 bits per heavy atom. The molecule has 0 bridgehead atoms. The van der Waals surface area contributed by atoms with Crippen molar-refractivity contribution >= 4 is 10.9 Å². The van der Waals surface area contributed by atoms with Crippen LogP contribution in [0.5, 0.6) is 0 Å². The molecule has 0 spiro atoms. The number of benzene rings is 1. The highest BCUT2D eigenvalue weighted by Gasteiger charge is 2.01. The van der Waals surface area contributed by atoms with Crippen molar-refractivity contribution in [1.29, 1.82) is 0 Å². The van der Waals surface area contributed by atoms with Gasteiger partial charge in [-0.25, -0.2) is 9.78 Å². The maximum absolute atomic E-state index is 11.5. The van der Waals surface area contributed by atoms with Gasteiger partial charge in [-0.1, -0.05) is 25.1 Å². The molecule has 2 rings (SSSR count). The molecular formula is C11H12N2O. The topological polar surface area (TPSA) is 34.9 Å². The van der Waals surface area contributed by atoms with Crippen molar-refractivity contribution in [2.45, 2.75) is 19.9 Å². The number of rotatable bonds is 2. The highest BCUT2D eigenvalue weighted by Crippen LogP contribution is 2.09. The third kappa shape index (κ3) is 1.41. The molecule has 0 fully saturated rings. The predicted molar refractivity (Wildman–Crippen MR) is 56.3 cm³/mol. The Bertz CT molecular complexity index is 502. The smallest absolute Gasteiger partial charge is 0.292 e. The van der Waals surface area contributed by atoms with Gasteiger partial charge >= 0.3 is 5.69 Å². The van der Waals surface area contributed by atoms with E-state index in [0.717, 1.165) is 23.9 Å². The molecule has 0 atom stereocenters. The van der Waals surface area contributed by atoms with Gasteiger partial charge < -0.3 is 0 Å². The van der Waals surface area contributed by atoms with Crippen LogP contribution in [-0.2, 0) is 6.54 Å². The largest absolute Gasteiger partial charge is 0.348 e. The highest BCUT2D eigenvalue weighted by molar-refractivity contribution is 5.77. The summed E-state index contributed by atoms with van der Waals surface area (Å²) in [6.07, 6.45) is 2.57. The summed E-state index contributed by atoms with van der Waals surface area (Å²) in [7, 11) is 0. The molecule has 72 valence electrons. The van der Waals surface area contributed by atoms with Crippen molar-refractivity contribution in [1.82, 2.24) is 9.55 Å². The molecule has 0 saturated carbocycles. The Balaban J connectivity index is 2.76. The molecule has 3 nitrogen and oxygen atoms in total. The first kappa shape index (κ1) is 8.94. The number of hydrogen-bond donors (Lipinski definition) is 0. The monoisotopic (exact) mass is 188 g/mol. The summed E-state index contributed by atoms with van der Waals surface area (Å²) in [5.74, 6) is 0. The minimum Gasteiger partial charge on any atom is -0.292 e. The van der Waals surface area contributed by atoms with Crippen molar-refractivity contribution < 1.29 is 0 Å². The maximum atomic E-state index is 11.5. The molecule has 0 aliphatic heterocycles. The van der Waals surface area contributed by atoms with Crippen molar-refractivity contribution in [3.05, 3.63) is 40.9 Å². The zero-order valence-corrected chi connectivity index (χ0v) is 8.10. The summed E-state index contributed by atoms with van der Waals surface area (Å²) in [5, 5.41) is 1.01. The second kappa shape index (κ2) is 3.62. The fraction of sp³-hybridized carbons (Fsp3) is 0.273. The first-order chi connectivity index (χ1) is 6.83. The van der Waals surface area contributed by atoms with Crippen LogP contribution in [-0.4, -0.2) is 9.55 Å². The Morgan fingerprint density at radius 3 is 2.93 bits per heavy atom. The number of hydrogen-bond acceptors (Lipinski definition) is 2. The molecule has 3 heteroatoms. The normalized spacial score (nSPS) is 10.6. The van der Waals surface area contributed by atoms with E-state index < -0.39 is 0 Å². The molecule has 1 aromatic carbocycles. The van der Waals surface area contributed by atoms with E-state index in [9.17, 15) is 4.79 Å². The van der Waals surface area contributed by atoms with Gasteiger partial charge in [-0.2, -0.15) is 0 Å². The van der Waals surface area contributed by atoms with Gasteiger partial charge in [0.05, 0.1) is 5.52 Å². The van der Waals surface area contributed by atoms with Gasteiger partial charge in [-0.3, -0.25) is 4.57 Å². The Labute approximate surface area is 82.0 Å². The predicted octanol–water partition coefficient (Wildman–Crippen LogP) is 1.81. The van der Waals surface area contributed by atoms with E-state index in [0.29, 0.717) is 0 Å². The SMILES string of the molecule is CCCn1c(=O)ncc2ccccc21. The summed E-state index contributed by atoms with van der Waals surface area (Å²) in [6, 6.07) is 7.81. The zero-order chi connectivity index (χ0) is 9.97. The van der Waals surface area contributed by atoms with Crippen LogP contribution in [0.3, 0.4) is 0 Å². The number of fused-ring (bicyclic) bond motifs is 1. The zero-order valence-electron chi connectivity index (χ0n) is 8.10. The van der Waals surface area contributed by atoms with Gasteiger partial charge in [0.25, 0.3) is 0 Å². The third-order valence-electron chi connectivity index (χ3n) is 2.22. The van der Waals surface area contributed by atoms with Gasteiger partial charge in [0.2, 0.25) is 0 Å². The first-order valence-electron chi connectivity index (χ1n) is 4.77. The fourth-order valence-electron chi connectivity index (χ4n) is 1.58. The lowest BCUT2D eigenvalue weighted by molar-refractivity contribution is 0.660. The summed E-state index contributed by atoms with van der Waals surface area (Å²) in [4.78, 5) is 15.3. The lowest BCUT2D eigenvalue weighted by Crippen LogP contribution is -2.22. The molecule has 0 unspecified atom stereocenters. The minimum atomic E-state index is -0.162. The molecular weight excluding hydrogens is 176 g/mol. The van der Waals surface area contributed by atoms with Gasteiger partial charge in [-0.15, -0.1) is 0 Å². The molecule has 14 heavy (non-hydrogen) atoms. The van der Waals surface area contributed by atoms with Crippen LogP contribution >= 0.6 is 0 Å². The van der Waals surface area contributed by atoms with Crippen LogP contribution in [0.4, 0.5) is 0 Å². The molecule has 2 aromatic rings. The Hall–Kier alpha value is -1.64. The molecule has 0 radical (unpaired) electrons. The lowest BCUT2D eigenvalue weighted by atomic mass is 10.2. The Kier molecular flexibility index (Phi) is 2.31. The average molecular weight is 188 g/mol. The van der Waals surface area contributed by atoms with Crippen molar-refractivity contribution in [2.75, 3.05) is 0 Å². The van der Waals surface area contributed by atoms with Gasteiger partial charge in [0, 0.05) is 18.1 Å². The quantitative estimate of drug-likeness (QED) is 0.720. The standard InChI is InChI=1S/C11H12N2O/c1-2-7-13-10-6-4-3-5-9(10)8-12-11(13)14/h3-6,8H,2,7H2,1H3. The molecule has 0 amide bonds. The second-order valence-electron chi connectivity index (χ2n) is 3.25. The summed E-state index contributed by atoms with van der Waals surface area (Å²) >= 11 is 0. The molecule has 0 N–H and O–H groups in total. The van der Waals surface area contributed by atoms with Crippen molar-refractivity contribution in [2.24, 2.45) is 0 Å². The van der Waals surface area contributed by atoms with Gasteiger partial charge in [-0.05, 0) is 12.5 Å². The molecule has 0 saturated heterocycles. The summed E-state index contributed by atoms with van der Waals surface area (Å²) in [5.41, 5.74) is 0.805.